The zero-order chi connectivity index (χ0) is 16.4. The Balaban J connectivity index is 1.86. The Kier molecular flexibility index (Phi) is 4.12. The molecule has 0 N–H and O–H groups in total. The molecule has 0 aliphatic carbocycles. The van der Waals surface area contributed by atoms with E-state index in [4.69, 9.17) is 9.47 Å². The van der Waals surface area contributed by atoms with Gasteiger partial charge in [-0.15, -0.1) is 0 Å². The van der Waals surface area contributed by atoms with E-state index in [0.717, 1.165) is 5.56 Å². The molecule has 7 heteroatoms. The normalized spacial score (nSPS) is 17.0. The molecule has 1 atom stereocenters. The van der Waals surface area contributed by atoms with E-state index in [-0.39, 0.29) is 12.4 Å². The van der Waals surface area contributed by atoms with Gasteiger partial charge in [0.25, 0.3) is 0 Å². The summed E-state index contributed by atoms with van der Waals surface area (Å²) in [7, 11) is 0. The van der Waals surface area contributed by atoms with E-state index in [2.05, 4.69) is 0 Å². The smallest absolute Gasteiger partial charge is 0.430 e. The van der Waals surface area contributed by atoms with E-state index >= 15 is 0 Å². The third kappa shape index (κ3) is 3.39. The van der Waals surface area contributed by atoms with Gasteiger partial charge in [-0.3, -0.25) is 0 Å². The molecular formula is C16H11F3O3S. The van der Waals surface area contributed by atoms with Crippen LogP contribution in [0.2, 0.25) is 0 Å². The predicted molar refractivity (Wildman–Crippen MR) is 79.0 cm³/mol. The summed E-state index contributed by atoms with van der Waals surface area (Å²) >= 11 is 1.41. The van der Waals surface area contributed by atoms with E-state index < -0.39 is 23.8 Å². The van der Waals surface area contributed by atoms with Gasteiger partial charge in [0.2, 0.25) is 6.10 Å². The van der Waals surface area contributed by atoms with Gasteiger partial charge in [0, 0.05) is 11.1 Å². The molecule has 2 heterocycles. The Hall–Kier alpha value is -2.28. The van der Waals surface area contributed by atoms with E-state index in [9.17, 15) is 18.0 Å². The number of alkyl halides is 3. The van der Waals surface area contributed by atoms with Gasteiger partial charge in [-0.05, 0) is 29.0 Å². The van der Waals surface area contributed by atoms with E-state index in [1.54, 1.807) is 35.0 Å². The quantitative estimate of drug-likeness (QED) is 0.786. The minimum Gasteiger partial charge on any atom is -0.475 e. The highest BCUT2D eigenvalue weighted by atomic mass is 32.1. The Bertz CT molecular complexity index is 735. The van der Waals surface area contributed by atoms with Crippen molar-refractivity contribution in [1.82, 2.24) is 0 Å². The standard InChI is InChI=1S/C16H11F3O3S/c17-16(18,19)14-12(7-11-3-1-2-4-13(11)22-14)15(20)21-8-10-5-6-23-9-10/h1-7,9,14H,8H2. The highest BCUT2D eigenvalue weighted by Gasteiger charge is 2.48. The molecule has 0 amide bonds. The van der Waals surface area contributed by atoms with Crippen molar-refractivity contribution in [2.24, 2.45) is 0 Å². The zero-order valence-electron chi connectivity index (χ0n) is 11.7. The fraction of sp³-hybridized carbons (Fsp3) is 0.188. The van der Waals surface area contributed by atoms with Crippen LogP contribution in [0.15, 0.2) is 46.7 Å². The lowest BCUT2D eigenvalue weighted by molar-refractivity contribution is -0.188. The van der Waals surface area contributed by atoms with E-state index in [1.165, 1.54) is 23.5 Å². The van der Waals surface area contributed by atoms with Crippen molar-refractivity contribution in [3.63, 3.8) is 0 Å². The molecule has 1 aliphatic rings. The van der Waals surface area contributed by atoms with E-state index in [0.29, 0.717) is 5.56 Å². The number of hydrogen-bond donors (Lipinski definition) is 0. The van der Waals surface area contributed by atoms with Gasteiger partial charge in [-0.2, -0.15) is 24.5 Å². The van der Waals surface area contributed by atoms with Gasteiger partial charge < -0.3 is 9.47 Å². The summed E-state index contributed by atoms with van der Waals surface area (Å²) in [4.78, 5) is 12.1. The molecule has 1 aliphatic heterocycles. The third-order valence-corrected chi connectivity index (χ3v) is 3.97. The molecule has 120 valence electrons. The number of halogens is 3. The molecule has 0 bridgehead atoms. The van der Waals surface area contributed by atoms with Gasteiger partial charge in [0.15, 0.2) is 0 Å². The first-order valence-electron chi connectivity index (χ1n) is 6.67. The second-order valence-corrected chi connectivity index (χ2v) is 5.66. The fourth-order valence-electron chi connectivity index (χ4n) is 2.16. The number of hydrogen-bond acceptors (Lipinski definition) is 4. The number of carbonyl (C=O) groups is 1. The maximum atomic E-state index is 13.2. The Morgan fingerprint density at radius 1 is 1.26 bits per heavy atom. The van der Waals surface area contributed by atoms with Crippen molar-refractivity contribution >= 4 is 23.4 Å². The monoisotopic (exact) mass is 340 g/mol. The number of carbonyl (C=O) groups excluding carboxylic acids is 1. The van der Waals surface area contributed by atoms with E-state index in [1.807, 2.05) is 0 Å². The van der Waals surface area contributed by atoms with Crippen molar-refractivity contribution in [1.29, 1.82) is 0 Å². The number of ether oxygens (including phenoxy) is 2. The molecule has 0 saturated heterocycles. The van der Waals surface area contributed by atoms with Crippen LogP contribution in [0.5, 0.6) is 5.75 Å². The summed E-state index contributed by atoms with van der Waals surface area (Å²) in [6.07, 6.45) is -5.86. The molecule has 1 aromatic heterocycles. The largest absolute Gasteiger partial charge is 0.475 e. The van der Waals surface area contributed by atoms with Gasteiger partial charge in [-0.25, -0.2) is 4.79 Å². The summed E-state index contributed by atoms with van der Waals surface area (Å²) < 4.78 is 49.5. The minimum atomic E-state index is -4.71. The maximum Gasteiger partial charge on any atom is 0.430 e. The molecular weight excluding hydrogens is 329 g/mol. The lowest BCUT2D eigenvalue weighted by atomic mass is 10.0. The van der Waals surface area contributed by atoms with Crippen LogP contribution in [0, 0.1) is 0 Å². The van der Waals surface area contributed by atoms with Crippen LogP contribution >= 0.6 is 11.3 Å². The molecule has 3 nitrogen and oxygen atoms in total. The molecule has 2 aromatic rings. The van der Waals surface area contributed by atoms with Crippen LogP contribution in [-0.4, -0.2) is 18.2 Å². The van der Waals surface area contributed by atoms with Crippen LogP contribution in [0.1, 0.15) is 11.1 Å². The average molecular weight is 340 g/mol. The summed E-state index contributed by atoms with van der Waals surface area (Å²) in [5, 5.41) is 3.55. The van der Waals surface area contributed by atoms with Crippen molar-refractivity contribution in [2.75, 3.05) is 0 Å². The highest BCUT2D eigenvalue weighted by molar-refractivity contribution is 7.07. The number of thiophene rings is 1. The molecule has 23 heavy (non-hydrogen) atoms. The maximum absolute atomic E-state index is 13.2. The van der Waals surface area contributed by atoms with Crippen molar-refractivity contribution in [2.45, 2.75) is 18.9 Å². The first-order chi connectivity index (χ1) is 10.9. The molecule has 0 fully saturated rings. The second-order valence-electron chi connectivity index (χ2n) is 4.88. The summed E-state index contributed by atoms with van der Waals surface area (Å²) in [5.41, 5.74) is 0.589. The molecule has 1 unspecified atom stereocenters. The minimum absolute atomic E-state index is 0.0775. The van der Waals surface area contributed by atoms with Crippen molar-refractivity contribution in [3.8, 4) is 5.75 Å². The topological polar surface area (TPSA) is 35.5 Å². The van der Waals surface area contributed by atoms with Crippen LogP contribution in [-0.2, 0) is 16.1 Å². The first-order valence-corrected chi connectivity index (χ1v) is 7.61. The lowest BCUT2D eigenvalue weighted by Gasteiger charge is -2.27. The fourth-order valence-corrected chi connectivity index (χ4v) is 2.81. The number of benzene rings is 1. The molecule has 0 saturated carbocycles. The molecule has 0 spiro atoms. The van der Waals surface area contributed by atoms with Crippen LogP contribution in [0.4, 0.5) is 13.2 Å². The SMILES string of the molecule is O=C(OCc1ccsc1)C1=Cc2ccccc2OC1C(F)(F)F. The average Bonchev–Trinajstić information content (AvgIpc) is 3.04. The Labute approximate surface area is 134 Å². The summed E-state index contributed by atoms with van der Waals surface area (Å²) in [6, 6.07) is 7.97. The molecule has 1 aromatic carbocycles. The molecule has 3 rings (SSSR count). The first kappa shape index (κ1) is 15.6. The number of fused-ring (bicyclic) bond motifs is 1. The number of esters is 1. The zero-order valence-corrected chi connectivity index (χ0v) is 12.5. The Morgan fingerprint density at radius 2 is 2.04 bits per heavy atom. The van der Waals surface area contributed by atoms with Gasteiger partial charge in [0.1, 0.15) is 12.4 Å². The number of para-hydroxylation sites is 1. The van der Waals surface area contributed by atoms with Crippen molar-refractivity contribution < 1.29 is 27.4 Å². The van der Waals surface area contributed by atoms with Crippen LogP contribution in [0.25, 0.3) is 6.08 Å². The van der Waals surface area contributed by atoms with Crippen LogP contribution < -0.4 is 4.74 Å². The predicted octanol–water partition coefficient (Wildman–Crippen LogP) is 4.20. The highest BCUT2D eigenvalue weighted by Crippen LogP contribution is 2.37. The molecule has 0 radical (unpaired) electrons. The lowest BCUT2D eigenvalue weighted by Crippen LogP contribution is -2.40. The van der Waals surface area contributed by atoms with Gasteiger partial charge in [-0.1, -0.05) is 18.2 Å². The van der Waals surface area contributed by atoms with Gasteiger partial charge >= 0.3 is 12.1 Å². The summed E-state index contributed by atoms with van der Waals surface area (Å²) in [5.74, 6) is -0.947. The third-order valence-electron chi connectivity index (χ3n) is 3.24. The van der Waals surface area contributed by atoms with Crippen LogP contribution in [0.3, 0.4) is 0 Å². The number of rotatable bonds is 3. The Morgan fingerprint density at radius 3 is 2.74 bits per heavy atom. The van der Waals surface area contributed by atoms with Crippen molar-refractivity contribution in [3.05, 3.63) is 57.8 Å². The summed E-state index contributed by atoms with van der Waals surface area (Å²) in [6.45, 7) is -0.0775. The second kappa shape index (κ2) is 6.08. The van der Waals surface area contributed by atoms with Gasteiger partial charge in [0.05, 0.1) is 5.57 Å².